The molecule has 14 heavy (non-hydrogen) atoms. The number of rotatable bonds is 3. The van der Waals surface area contributed by atoms with E-state index in [9.17, 15) is 4.79 Å². The van der Waals surface area contributed by atoms with E-state index in [0.717, 1.165) is 45.7 Å². The molecule has 2 amide bonds. The highest BCUT2D eigenvalue weighted by Crippen LogP contribution is 2.06. The summed E-state index contributed by atoms with van der Waals surface area (Å²) in [7, 11) is 0. The molecular weight excluding hydrogens is 180 g/mol. The van der Waals surface area contributed by atoms with Gasteiger partial charge in [0, 0.05) is 38.8 Å². The smallest absolute Gasteiger partial charge is 0.317 e. The van der Waals surface area contributed by atoms with Gasteiger partial charge in [-0.05, 0) is 13.0 Å². The lowest BCUT2D eigenvalue weighted by molar-refractivity contribution is 0.208. The predicted molar refractivity (Wildman–Crippen MR) is 54.0 cm³/mol. The van der Waals surface area contributed by atoms with Crippen molar-refractivity contribution < 1.29 is 4.79 Å². The molecule has 2 saturated heterocycles. The van der Waals surface area contributed by atoms with Crippen molar-refractivity contribution in [2.24, 2.45) is 5.73 Å². The highest BCUT2D eigenvalue weighted by molar-refractivity contribution is 5.76. The van der Waals surface area contributed by atoms with Crippen molar-refractivity contribution in [2.45, 2.75) is 12.5 Å². The number of hydrogen-bond donors (Lipinski definition) is 2. The third-order valence-electron chi connectivity index (χ3n) is 2.94. The average Bonchev–Trinajstić information content (AvgIpc) is 2.72. The first kappa shape index (κ1) is 9.73. The third-order valence-corrected chi connectivity index (χ3v) is 2.94. The van der Waals surface area contributed by atoms with Crippen LogP contribution in [0.4, 0.5) is 4.79 Å². The number of amides is 2. The van der Waals surface area contributed by atoms with E-state index in [1.165, 1.54) is 0 Å². The van der Waals surface area contributed by atoms with Gasteiger partial charge in [-0.3, -0.25) is 4.90 Å². The second-order valence-corrected chi connectivity index (χ2v) is 4.07. The van der Waals surface area contributed by atoms with Crippen LogP contribution in [-0.2, 0) is 0 Å². The number of carbonyl (C=O) groups excluding carboxylic acids is 1. The molecule has 1 atom stereocenters. The van der Waals surface area contributed by atoms with E-state index in [4.69, 9.17) is 5.73 Å². The van der Waals surface area contributed by atoms with E-state index in [2.05, 4.69) is 10.2 Å². The largest absolute Gasteiger partial charge is 0.336 e. The third kappa shape index (κ3) is 2.16. The molecule has 5 nitrogen and oxygen atoms in total. The zero-order valence-corrected chi connectivity index (χ0v) is 8.41. The first-order valence-electron chi connectivity index (χ1n) is 5.26. The van der Waals surface area contributed by atoms with Gasteiger partial charge < -0.3 is 16.0 Å². The molecule has 0 aromatic carbocycles. The number of urea groups is 1. The van der Waals surface area contributed by atoms with E-state index in [0.29, 0.717) is 6.04 Å². The van der Waals surface area contributed by atoms with Gasteiger partial charge in [0.15, 0.2) is 0 Å². The molecule has 2 aliphatic heterocycles. The van der Waals surface area contributed by atoms with Gasteiger partial charge in [0.05, 0.1) is 0 Å². The zero-order valence-electron chi connectivity index (χ0n) is 8.41. The summed E-state index contributed by atoms with van der Waals surface area (Å²) in [6.07, 6.45) is 1.09. The Morgan fingerprint density at radius 2 is 2.29 bits per heavy atom. The minimum Gasteiger partial charge on any atom is -0.336 e. The monoisotopic (exact) mass is 198 g/mol. The Balaban J connectivity index is 1.69. The Hall–Kier alpha value is -0.810. The lowest BCUT2D eigenvalue weighted by atomic mass is 10.3. The van der Waals surface area contributed by atoms with Crippen LogP contribution < -0.4 is 11.1 Å². The van der Waals surface area contributed by atoms with Crippen molar-refractivity contribution in [3.05, 3.63) is 0 Å². The van der Waals surface area contributed by atoms with Gasteiger partial charge in [-0.1, -0.05) is 0 Å². The summed E-state index contributed by atoms with van der Waals surface area (Å²) >= 11 is 0. The summed E-state index contributed by atoms with van der Waals surface area (Å²) in [6, 6.07) is 0.413. The van der Waals surface area contributed by atoms with Crippen molar-refractivity contribution >= 4 is 6.03 Å². The quantitative estimate of drug-likeness (QED) is 0.614. The fraction of sp³-hybridized carbons (Fsp3) is 0.889. The minimum absolute atomic E-state index is 0.0773. The second-order valence-electron chi connectivity index (χ2n) is 4.07. The van der Waals surface area contributed by atoms with Gasteiger partial charge >= 0.3 is 6.03 Å². The van der Waals surface area contributed by atoms with Gasteiger partial charge in [-0.15, -0.1) is 0 Å². The maximum Gasteiger partial charge on any atom is 0.317 e. The molecule has 2 heterocycles. The number of nitrogens with one attached hydrogen (secondary N) is 1. The van der Waals surface area contributed by atoms with E-state index in [1.807, 2.05) is 4.90 Å². The Kier molecular flexibility index (Phi) is 2.88. The van der Waals surface area contributed by atoms with Crippen LogP contribution in [0.5, 0.6) is 0 Å². The van der Waals surface area contributed by atoms with Gasteiger partial charge in [-0.2, -0.15) is 0 Å². The van der Waals surface area contributed by atoms with Crippen molar-refractivity contribution in [3.8, 4) is 0 Å². The molecule has 0 unspecified atom stereocenters. The molecule has 0 aromatic heterocycles. The van der Waals surface area contributed by atoms with Crippen LogP contribution in [0.2, 0.25) is 0 Å². The zero-order chi connectivity index (χ0) is 9.97. The Morgan fingerprint density at radius 1 is 1.43 bits per heavy atom. The molecule has 0 radical (unpaired) electrons. The molecule has 0 bridgehead atoms. The number of carbonyl (C=O) groups is 1. The van der Waals surface area contributed by atoms with Crippen LogP contribution in [0.1, 0.15) is 6.42 Å². The summed E-state index contributed by atoms with van der Waals surface area (Å²) in [5.41, 5.74) is 5.80. The normalized spacial score (nSPS) is 28.5. The number of nitrogens with two attached hydrogens (primary N) is 1. The van der Waals surface area contributed by atoms with E-state index in [1.54, 1.807) is 0 Å². The first-order valence-corrected chi connectivity index (χ1v) is 5.26. The SMILES string of the molecule is N[C@H]1CCN(CCN2CCNC2=O)C1. The van der Waals surface area contributed by atoms with E-state index >= 15 is 0 Å². The summed E-state index contributed by atoms with van der Waals surface area (Å²) < 4.78 is 0. The second kappa shape index (κ2) is 4.14. The summed E-state index contributed by atoms with van der Waals surface area (Å²) in [5, 5.41) is 2.80. The Bertz CT molecular complexity index is 221. The standard InChI is InChI=1S/C9H18N4O/c10-8-1-3-12(7-8)5-6-13-4-2-11-9(13)14/h8H,1-7,10H2,(H,11,14)/t8-/m0/s1. The molecule has 80 valence electrons. The summed E-state index contributed by atoms with van der Waals surface area (Å²) in [5.74, 6) is 0. The fourth-order valence-corrected chi connectivity index (χ4v) is 2.05. The van der Waals surface area contributed by atoms with Gasteiger partial charge in [0.1, 0.15) is 0 Å². The van der Waals surface area contributed by atoms with E-state index in [-0.39, 0.29) is 6.03 Å². The van der Waals surface area contributed by atoms with Crippen LogP contribution in [0.25, 0.3) is 0 Å². The van der Waals surface area contributed by atoms with Crippen LogP contribution in [-0.4, -0.2) is 61.1 Å². The summed E-state index contributed by atoms with van der Waals surface area (Å²) in [6.45, 7) is 5.49. The molecule has 0 aliphatic carbocycles. The Morgan fingerprint density at radius 3 is 2.86 bits per heavy atom. The molecule has 0 saturated carbocycles. The van der Waals surface area contributed by atoms with Crippen LogP contribution in [0.15, 0.2) is 0 Å². The predicted octanol–water partition coefficient (Wildman–Crippen LogP) is -0.955. The highest BCUT2D eigenvalue weighted by atomic mass is 16.2. The molecule has 5 heteroatoms. The number of likely N-dealkylation sites (tertiary alicyclic amines) is 1. The highest BCUT2D eigenvalue weighted by Gasteiger charge is 2.22. The maximum atomic E-state index is 11.2. The molecule has 0 aromatic rings. The lowest BCUT2D eigenvalue weighted by Gasteiger charge is -2.19. The first-order chi connectivity index (χ1) is 6.75. The Labute approximate surface area is 84.2 Å². The summed E-state index contributed by atoms with van der Waals surface area (Å²) in [4.78, 5) is 15.4. The van der Waals surface area contributed by atoms with E-state index < -0.39 is 0 Å². The van der Waals surface area contributed by atoms with Crippen molar-refractivity contribution in [1.29, 1.82) is 0 Å². The topological polar surface area (TPSA) is 61.6 Å². The van der Waals surface area contributed by atoms with Gasteiger partial charge in [0.2, 0.25) is 0 Å². The molecule has 2 fully saturated rings. The van der Waals surface area contributed by atoms with Crippen molar-refractivity contribution in [2.75, 3.05) is 39.3 Å². The minimum atomic E-state index is 0.0773. The lowest BCUT2D eigenvalue weighted by Crippen LogP contribution is -2.37. The number of nitrogens with zero attached hydrogens (tertiary/aromatic N) is 2. The molecule has 3 N–H and O–H groups in total. The van der Waals surface area contributed by atoms with Crippen molar-refractivity contribution in [3.63, 3.8) is 0 Å². The van der Waals surface area contributed by atoms with Crippen molar-refractivity contribution in [1.82, 2.24) is 15.1 Å². The van der Waals surface area contributed by atoms with Crippen LogP contribution >= 0.6 is 0 Å². The fourth-order valence-electron chi connectivity index (χ4n) is 2.05. The molecule has 2 rings (SSSR count). The van der Waals surface area contributed by atoms with Gasteiger partial charge in [0.25, 0.3) is 0 Å². The molecule has 2 aliphatic rings. The molecule has 0 spiro atoms. The maximum absolute atomic E-state index is 11.2. The molecular formula is C9H18N4O. The number of hydrogen-bond acceptors (Lipinski definition) is 3. The van der Waals surface area contributed by atoms with Crippen LogP contribution in [0, 0.1) is 0 Å². The average molecular weight is 198 g/mol. The van der Waals surface area contributed by atoms with Crippen LogP contribution in [0.3, 0.4) is 0 Å². The van der Waals surface area contributed by atoms with Gasteiger partial charge in [-0.25, -0.2) is 4.79 Å².